The van der Waals surface area contributed by atoms with E-state index in [4.69, 9.17) is 27.6 Å². The van der Waals surface area contributed by atoms with Crippen molar-refractivity contribution in [2.45, 2.75) is 0 Å². The molecule has 134 valence electrons. The number of benzene rings is 1. The number of esters is 1. The molecule has 2 amide bonds. The molecule has 9 heteroatoms. The molecule has 1 aliphatic heterocycles. The fraction of sp³-hybridized carbons (Fsp3) is 0.118. The van der Waals surface area contributed by atoms with E-state index in [1.54, 1.807) is 30.3 Å². The highest BCUT2D eigenvalue weighted by molar-refractivity contribution is 8.18. The minimum absolute atomic E-state index is 0.150. The Labute approximate surface area is 162 Å². The highest BCUT2D eigenvalue weighted by Gasteiger charge is 2.36. The number of rotatable bonds is 4. The van der Waals surface area contributed by atoms with Gasteiger partial charge in [0.2, 0.25) is 0 Å². The minimum Gasteiger partial charge on any atom is -0.468 e. The zero-order chi connectivity index (χ0) is 18.8. The van der Waals surface area contributed by atoms with E-state index in [9.17, 15) is 14.4 Å². The van der Waals surface area contributed by atoms with E-state index in [1.165, 1.54) is 13.2 Å². The molecule has 0 bridgehead atoms. The largest absolute Gasteiger partial charge is 0.468 e. The predicted octanol–water partition coefficient (Wildman–Crippen LogP) is 4.46. The Kier molecular flexibility index (Phi) is 5.41. The zero-order valence-electron chi connectivity index (χ0n) is 13.3. The average molecular weight is 412 g/mol. The molecule has 0 atom stereocenters. The predicted molar refractivity (Wildman–Crippen MR) is 98.9 cm³/mol. The normalized spacial score (nSPS) is 15.8. The molecule has 0 saturated carbocycles. The van der Waals surface area contributed by atoms with Crippen LogP contribution in [0.15, 0.2) is 39.7 Å². The third-order valence-corrected chi connectivity index (χ3v) is 5.23. The lowest BCUT2D eigenvalue weighted by Crippen LogP contribution is -2.34. The van der Waals surface area contributed by atoms with Gasteiger partial charge >= 0.3 is 5.97 Å². The molecule has 0 unspecified atom stereocenters. The molecule has 0 spiro atoms. The van der Waals surface area contributed by atoms with Crippen LogP contribution in [0, 0.1) is 0 Å². The van der Waals surface area contributed by atoms with Gasteiger partial charge in [0.05, 0.1) is 22.1 Å². The van der Waals surface area contributed by atoms with Crippen molar-refractivity contribution in [1.29, 1.82) is 0 Å². The molecule has 26 heavy (non-hydrogen) atoms. The zero-order valence-corrected chi connectivity index (χ0v) is 15.7. The Bertz CT molecular complexity index is 937. The van der Waals surface area contributed by atoms with Crippen LogP contribution in [0.4, 0.5) is 4.79 Å². The molecule has 2 aromatic rings. The van der Waals surface area contributed by atoms with E-state index in [2.05, 4.69) is 4.74 Å². The number of hydrogen-bond acceptors (Lipinski definition) is 6. The molecule has 3 rings (SSSR count). The first-order valence-electron chi connectivity index (χ1n) is 7.27. The Morgan fingerprint density at radius 2 is 2.04 bits per heavy atom. The lowest BCUT2D eigenvalue weighted by Gasteiger charge is -2.09. The number of amides is 2. The molecule has 2 heterocycles. The number of nitrogens with zero attached hydrogens (tertiary/aromatic N) is 1. The summed E-state index contributed by atoms with van der Waals surface area (Å²) in [4.78, 5) is 36.5. The fourth-order valence-electron chi connectivity index (χ4n) is 2.23. The SMILES string of the molecule is COC(=O)CN1C(=O)S/C(=C/c2ccc(-c3cccc(Cl)c3Cl)o2)C1=O. The summed E-state index contributed by atoms with van der Waals surface area (Å²) < 4.78 is 10.2. The van der Waals surface area contributed by atoms with Gasteiger partial charge in [0.25, 0.3) is 11.1 Å². The van der Waals surface area contributed by atoms with Crippen LogP contribution in [-0.2, 0) is 14.3 Å². The van der Waals surface area contributed by atoms with Crippen LogP contribution in [0.1, 0.15) is 5.76 Å². The Balaban J connectivity index is 1.84. The van der Waals surface area contributed by atoms with Gasteiger partial charge in [-0.15, -0.1) is 0 Å². The molecule has 6 nitrogen and oxygen atoms in total. The maximum atomic E-state index is 12.3. The molecule has 1 fully saturated rings. The van der Waals surface area contributed by atoms with Gasteiger partial charge < -0.3 is 9.15 Å². The van der Waals surface area contributed by atoms with E-state index < -0.39 is 23.7 Å². The highest BCUT2D eigenvalue weighted by Crippen LogP contribution is 2.36. The van der Waals surface area contributed by atoms with E-state index in [1.807, 2.05) is 0 Å². The Hall–Kier alpha value is -2.22. The fourth-order valence-corrected chi connectivity index (χ4v) is 3.44. The number of carbonyl (C=O) groups is 3. The summed E-state index contributed by atoms with van der Waals surface area (Å²) >= 11 is 12.9. The number of ether oxygens (including phenoxy) is 1. The molecule has 0 radical (unpaired) electrons. The van der Waals surface area contributed by atoms with Gasteiger partial charge in [-0.2, -0.15) is 0 Å². The molecule has 1 aliphatic rings. The quantitative estimate of drug-likeness (QED) is 0.545. The smallest absolute Gasteiger partial charge is 0.325 e. The average Bonchev–Trinajstić information content (AvgIpc) is 3.17. The van der Waals surface area contributed by atoms with Crippen LogP contribution >= 0.6 is 35.0 Å². The first-order chi connectivity index (χ1) is 12.4. The van der Waals surface area contributed by atoms with Crippen molar-refractivity contribution in [3.8, 4) is 11.3 Å². The second kappa shape index (κ2) is 7.57. The molecular weight excluding hydrogens is 401 g/mol. The standard InChI is InChI=1S/C17H11Cl2NO5S/c1-24-14(21)8-20-16(22)13(26-17(20)23)7-9-5-6-12(25-9)10-3-2-4-11(18)15(10)19/h2-7H,8H2,1H3/b13-7+. The van der Waals surface area contributed by atoms with Crippen LogP contribution in [0.3, 0.4) is 0 Å². The van der Waals surface area contributed by atoms with Gasteiger partial charge in [-0.1, -0.05) is 29.3 Å². The van der Waals surface area contributed by atoms with E-state index >= 15 is 0 Å². The number of thioether (sulfide) groups is 1. The van der Waals surface area contributed by atoms with Crippen LogP contribution in [0.5, 0.6) is 0 Å². The molecule has 1 aromatic carbocycles. The highest BCUT2D eigenvalue weighted by atomic mass is 35.5. The van der Waals surface area contributed by atoms with Gasteiger partial charge in [0.15, 0.2) is 0 Å². The van der Waals surface area contributed by atoms with Crippen LogP contribution in [0.25, 0.3) is 17.4 Å². The summed E-state index contributed by atoms with van der Waals surface area (Å²) in [5, 5.41) is 0.204. The topological polar surface area (TPSA) is 76.8 Å². The van der Waals surface area contributed by atoms with E-state index in [-0.39, 0.29) is 4.91 Å². The second-order valence-electron chi connectivity index (χ2n) is 5.15. The van der Waals surface area contributed by atoms with Gasteiger partial charge in [-0.3, -0.25) is 19.3 Å². The Morgan fingerprint density at radius 1 is 1.27 bits per heavy atom. The van der Waals surface area contributed by atoms with E-state index in [0.717, 1.165) is 16.7 Å². The van der Waals surface area contributed by atoms with Crippen LogP contribution < -0.4 is 0 Å². The molecular formula is C17H11Cl2NO5S. The van der Waals surface area contributed by atoms with Crippen molar-refractivity contribution < 1.29 is 23.5 Å². The van der Waals surface area contributed by atoms with Crippen molar-refractivity contribution in [2.75, 3.05) is 13.7 Å². The van der Waals surface area contributed by atoms with Gasteiger partial charge in [0.1, 0.15) is 18.1 Å². The number of furan rings is 1. The molecule has 0 N–H and O–H groups in total. The summed E-state index contributed by atoms with van der Waals surface area (Å²) in [5.74, 6) is -0.425. The van der Waals surface area contributed by atoms with Gasteiger partial charge in [-0.25, -0.2) is 0 Å². The number of hydrogen-bond donors (Lipinski definition) is 0. The van der Waals surface area contributed by atoms with Crippen molar-refractivity contribution in [3.05, 3.63) is 51.0 Å². The summed E-state index contributed by atoms with van der Waals surface area (Å²) in [6.07, 6.45) is 1.43. The molecule has 0 aliphatic carbocycles. The first kappa shape index (κ1) is 18.6. The maximum absolute atomic E-state index is 12.3. The van der Waals surface area contributed by atoms with Crippen molar-refractivity contribution in [1.82, 2.24) is 4.90 Å². The third-order valence-electron chi connectivity index (χ3n) is 3.51. The van der Waals surface area contributed by atoms with Crippen molar-refractivity contribution in [3.63, 3.8) is 0 Å². The lowest BCUT2D eigenvalue weighted by molar-refractivity contribution is -0.143. The third kappa shape index (κ3) is 3.65. The lowest BCUT2D eigenvalue weighted by atomic mass is 10.2. The van der Waals surface area contributed by atoms with Crippen LogP contribution in [0.2, 0.25) is 10.0 Å². The summed E-state index contributed by atoms with van der Waals surface area (Å²) in [7, 11) is 1.18. The molecule has 1 saturated heterocycles. The number of imide groups is 1. The van der Waals surface area contributed by atoms with Crippen molar-refractivity contribution >= 4 is 58.2 Å². The Morgan fingerprint density at radius 3 is 2.77 bits per heavy atom. The minimum atomic E-state index is -0.676. The molecule has 1 aromatic heterocycles. The van der Waals surface area contributed by atoms with Gasteiger partial charge in [0, 0.05) is 11.6 Å². The maximum Gasteiger partial charge on any atom is 0.325 e. The summed E-state index contributed by atoms with van der Waals surface area (Å²) in [6, 6.07) is 8.47. The van der Waals surface area contributed by atoms with Crippen molar-refractivity contribution in [2.24, 2.45) is 0 Å². The first-order valence-corrected chi connectivity index (χ1v) is 8.84. The number of carbonyl (C=O) groups excluding carboxylic acids is 3. The summed E-state index contributed by atoms with van der Waals surface area (Å²) in [6.45, 7) is -0.431. The van der Waals surface area contributed by atoms with Crippen LogP contribution in [-0.4, -0.2) is 35.7 Å². The number of halogens is 2. The van der Waals surface area contributed by atoms with E-state index in [0.29, 0.717) is 27.1 Å². The second-order valence-corrected chi connectivity index (χ2v) is 6.93. The summed E-state index contributed by atoms with van der Waals surface area (Å²) in [5.41, 5.74) is 0.609. The number of methoxy groups -OCH3 is 1. The monoisotopic (exact) mass is 411 g/mol. The van der Waals surface area contributed by atoms with Gasteiger partial charge in [-0.05, 0) is 36.0 Å².